The molecule has 1 aliphatic heterocycles. The first-order valence-corrected chi connectivity index (χ1v) is 10.6. The SMILES string of the molecule is CSc1nc(C)c(C)c(N2CCC(Nc3ccnc(C4CC4)n3)CC2)n1. The van der Waals surface area contributed by atoms with Crippen molar-refractivity contribution in [2.75, 3.05) is 29.6 Å². The first kappa shape index (κ1) is 17.5. The lowest BCUT2D eigenvalue weighted by Crippen LogP contribution is -2.40. The van der Waals surface area contributed by atoms with Crippen LogP contribution < -0.4 is 10.2 Å². The summed E-state index contributed by atoms with van der Waals surface area (Å²) in [5.74, 6) is 3.66. The number of hydrogen-bond donors (Lipinski definition) is 1. The van der Waals surface area contributed by atoms with E-state index >= 15 is 0 Å². The second-order valence-corrected chi connectivity index (χ2v) is 8.00. The number of thioether (sulfide) groups is 1. The van der Waals surface area contributed by atoms with Gasteiger partial charge in [-0.15, -0.1) is 0 Å². The Labute approximate surface area is 159 Å². The van der Waals surface area contributed by atoms with E-state index in [4.69, 9.17) is 9.97 Å². The van der Waals surface area contributed by atoms with Gasteiger partial charge in [-0.2, -0.15) is 0 Å². The standard InChI is InChI=1S/C19H26N6S/c1-12-13(2)21-19(26-3)24-18(12)25-10-7-15(8-11-25)22-16-6-9-20-17(23-16)14-4-5-14/h6,9,14-15H,4-5,7-8,10-11H2,1-3H3,(H,20,22,23). The van der Waals surface area contributed by atoms with E-state index in [0.29, 0.717) is 12.0 Å². The number of nitrogens with one attached hydrogen (secondary N) is 1. The molecule has 4 rings (SSSR count). The summed E-state index contributed by atoms with van der Waals surface area (Å²) in [6.45, 7) is 6.20. The minimum Gasteiger partial charge on any atom is -0.367 e. The van der Waals surface area contributed by atoms with Gasteiger partial charge in [-0.3, -0.25) is 0 Å². The number of aromatic nitrogens is 4. The van der Waals surface area contributed by atoms with Gasteiger partial charge >= 0.3 is 0 Å². The molecule has 1 N–H and O–H groups in total. The molecule has 7 heteroatoms. The highest BCUT2D eigenvalue weighted by Gasteiger charge is 2.27. The molecule has 0 unspecified atom stereocenters. The summed E-state index contributed by atoms with van der Waals surface area (Å²) in [7, 11) is 0. The third-order valence-corrected chi connectivity index (χ3v) is 5.84. The average Bonchev–Trinajstić information content (AvgIpc) is 3.50. The summed E-state index contributed by atoms with van der Waals surface area (Å²) < 4.78 is 0. The molecule has 1 saturated heterocycles. The van der Waals surface area contributed by atoms with Gasteiger partial charge in [0.25, 0.3) is 0 Å². The van der Waals surface area contributed by atoms with Gasteiger partial charge < -0.3 is 10.2 Å². The van der Waals surface area contributed by atoms with Crippen molar-refractivity contribution in [1.29, 1.82) is 0 Å². The van der Waals surface area contributed by atoms with Crippen LogP contribution in [0.25, 0.3) is 0 Å². The summed E-state index contributed by atoms with van der Waals surface area (Å²) in [5.41, 5.74) is 2.27. The number of piperidine rings is 1. The van der Waals surface area contributed by atoms with E-state index in [-0.39, 0.29) is 0 Å². The fourth-order valence-corrected chi connectivity index (χ4v) is 3.83. The van der Waals surface area contributed by atoms with Crippen molar-refractivity contribution >= 4 is 23.4 Å². The van der Waals surface area contributed by atoms with Crippen LogP contribution in [-0.2, 0) is 0 Å². The second-order valence-electron chi connectivity index (χ2n) is 7.22. The van der Waals surface area contributed by atoms with Crippen LogP contribution in [0.4, 0.5) is 11.6 Å². The van der Waals surface area contributed by atoms with Gasteiger partial charge in [0.05, 0.1) is 0 Å². The summed E-state index contributed by atoms with van der Waals surface area (Å²) in [6, 6.07) is 2.44. The van der Waals surface area contributed by atoms with Crippen molar-refractivity contribution in [1.82, 2.24) is 19.9 Å². The van der Waals surface area contributed by atoms with Crippen molar-refractivity contribution in [2.45, 2.75) is 56.6 Å². The van der Waals surface area contributed by atoms with Gasteiger partial charge in [0.15, 0.2) is 5.16 Å². The van der Waals surface area contributed by atoms with Crippen molar-refractivity contribution < 1.29 is 0 Å². The van der Waals surface area contributed by atoms with Crippen molar-refractivity contribution in [3.63, 3.8) is 0 Å². The van der Waals surface area contributed by atoms with Gasteiger partial charge in [-0.25, -0.2) is 19.9 Å². The monoisotopic (exact) mass is 370 g/mol. The first-order valence-electron chi connectivity index (χ1n) is 9.37. The Morgan fingerprint density at radius 3 is 2.54 bits per heavy atom. The Morgan fingerprint density at radius 2 is 1.85 bits per heavy atom. The molecule has 0 aromatic carbocycles. The van der Waals surface area contributed by atoms with Crippen LogP contribution in [0.5, 0.6) is 0 Å². The molecule has 138 valence electrons. The molecule has 0 amide bonds. The molecule has 3 heterocycles. The molecule has 2 aromatic heterocycles. The molecule has 2 aromatic rings. The molecule has 0 radical (unpaired) electrons. The Hall–Kier alpha value is -1.89. The van der Waals surface area contributed by atoms with E-state index in [2.05, 4.69) is 34.0 Å². The quantitative estimate of drug-likeness (QED) is 0.637. The molecule has 2 aliphatic rings. The molecule has 2 fully saturated rings. The first-order chi connectivity index (χ1) is 12.6. The summed E-state index contributed by atoms with van der Waals surface area (Å²) in [6.07, 6.45) is 8.55. The maximum Gasteiger partial charge on any atom is 0.189 e. The Morgan fingerprint density at radius 1 is 1.08 bits per heavy atom. The fourth-order valence-electron chi connectivity index (χ4n) is 3.42. The Kier molecular flexibility index (Phi) is 4.98. The summed E-state index contributed by atoms with van der Waals surface area (Å²) in [4.78, 5) is 20.8. The maximum absolute atomic E-state index is 4.76. The van der Waals surface area contributed by atoms with E-state index < -0.39 is 0 Å². The topological polar surface area (TPSA) is 66.8 Å². The van der Waals surface area contributed by atoms with Gasteiger partial charge in [0.2, 0.25) is 0 Å². The molecule has 0 bridgehead atoms. The second kappa shape index (κ2) is 7.39. The number of hydrogen-bond acceptors (Lipinski definition) is 7. The van der Waals surface area contributed by atoms with E-state index in [1.165, 1.54) is 18.4 Å². The number of rotatable bonds is 5. The largest absolute Gasteiger partial charge is 0.367 e. The predicted octanol–water partition coefficient (Wildman–Crippen LogP) is 3.56. The smallest absolute Gasteiger partial charge is 0.189 e. The zero-order chi connectivity index (χ0) is 18.1. The summed E-state index contributed by atoms with van der Waals surface area (Å²) >= 11 is 1.61. The van der Waals surface area contributed by atoms with Gasteiger partial charge in [-0.05, 0) is 51.9 Å². The normalized spacial score (nSPS) is 18.2. The minimum atomic E-state index is 0.455. The summed E-state index contributed by atoms with van der Waals surface area (Å²) in [5, 5.41) is 4.47. The van der Waals surface area contributed by atoms with E-state index in [0.717, 1.165) is 54.2 Å². The van der Waals surface area contributed by atoms with Crippen molar-refractivity contribution in [3.05, 3.63) is 29.3 Å². The van der Waals surface area contributed by atoms with E-state index in [1.807, 2.05) is 18.5 Å². The van der Waals surface area contributed by atoms with Crippen LogP contribution in [0.3, 0.4) is 0 Å². The molecular weight excluding hydrogens is 344 g/mol. The minimum absolute atomic E-state index is 0.455. The molecule has 1 aliphatic carbocycles. The van der Waals surface area contributed by atoms with Crippen molar-refractivity contribution in [3.8, 4) is 0 Å². The predicted molar refractivity (Wildman–Crippen MR) is 106 cm³/mol. The van der Waals surface area contributed by atoms with Gasteiger partial charge in [0.1, 0.15) is 17.5 Å². The maximum atomic E-state index is 4.76. The third-order valence-electron chi connectivity index (χ3n) is 5.29. The average molecular weight is 371 g/mol. The highest BCUT2D eigenvalue weighted by molar-refractivity contribution is 7.98. The number of aryl methyl sites for hydroxylation is 1. The lowest BCUT2D eigenvalue weighted by Gasteiger charge is -2.34. The van der Waals surface area contributed by atoms with Gasteiger partial charge in [-0.1, -0.05) is 11.8 Å². The fraction of sp³-hybridized carbons (Fsp3) is 0.579. The van der Waals surface area contributed by atoms with Crippen LogP contribution in [0.2, 0.25) is 0 Å². The van der Waals surface area contributed by atoms with Crippen LogP contribution in [-0.4, -0.2) is 45.3 Å². The Bertz CT molecular complexity index is 784. The molecule has 1 saturated carbocycles. The highest BCUT2D eigenvalue weighted by Crippen LogP contribution is 2.38. The van der Waals surface area contributed by atoms with Crippen LogP contribution in [0.1, 0.15) is 48.7 Å². The Balaban J connectivity index is 1.40. The lowest BCUT2D eigenvalue weighted by molar-refractivity contribution is 0.519. The molecule has 0 atom stereocenters. The molecule has 6 nitrogen and oxygen atoms in total. The van der Waals surface area contributed by atoms with Crippen molar-refractivity contribution in [2.24, 2.45) is 0 Å². The van der Waals surface area contributed by atoms with Crippen LogP contribution >= 0.6 is 11.8 Å². The zero-order valence-electron chi connectivity index (χ0n) is 15.7. The molecule has 0 spiro atoms. The third kappa shape index (κ3) is 3.77. The van der Waals surface area contributed by atoms with Crippen LogP contribution in [0.15, 0.2) is 17.4 Å². The van der Waals surface area contributed by atoms with Gasteiger partial charge in [0, 0.05) is 42.5 Å². The zero-order valence-corrected chi connectivity index (χ0v) is 16.5. The van der Waals surface area contributed by atoms with E-state index in [1.54, 1.807) is 11.8 Å². The highest BCUT2D eigenvalue weighted by atomic mass is 32.2. The lowest BCUT2D eigenvalue weighted by atomic mass is 10.0. The molecular formula is C19H26N6S. The van der Waals surface area contributed by atoms with E-state index in [9.17, 15) is 0 Å². The molecule has 26 heavy (non-hydrogen) atoms. The van der Waals surface area contributed by atoms with Crippen LogP contribution in [0, 0.1) is 13.8 Å². The number of nitrogens with zero attached hydrogens (tertiary/aromatic N) is 5. The number of anilines is 2.